The molecule has 2 aromatic rings. The number of methoxy groups -OCH3 is 1. The van der Waals surface area contributed by atoms with Crippen molar-refractivity contribution in [2.75, 3.05) is 7.11 Å². The Kier molecular flexibility index (Phi) is 6.66. The van der Waals surface area contributed by atoms with Gasteiger partial charge in [0.15, 0.2) is 0 Å². The van der Waals surface area contributed by atoms with Gasteiger partial charge in [-0.25, -0.2) is 9.48 Å². The number of ether oxygens (including phenoxy) is 1. The van der Waals surface area contributed by atoms with Crippen molar-refractivity contribution in [3.63, 3.8) is 0 Å². The van der Waals surface area contributed by atoms with Crippen LogP contribution in [0.2, 0.25) is 0 Å². The molecule has 0 aliphatic heterocycles. The summed E-state index contributed by atoms with van der Waals surface area (Å²) in [5.41, 5.74) is 0.655. The van der Waals surface area contributed by atoms with Gasteiger partial charge in [0.2, 0.25) is 0 Å². The van der Waals surface area contributed by atoms with Gasteiger partial charge in [0.1, 0.15) is 11.7 Å². The minimum atomic E-state index is -0.760. The molecule has 0 saturated heterocycles. The predicted molar refractivity (Wildman–Crippen MR) is 96.8 cm³/mol. The van der Waals surface area contributed by atoms with Crippen molar-refractivity contribution in [2.45, 2.75) is 32.9 Å². The maximum absolute atomic E-state index is 12.5. The summed E-state index contributed by atoms with van der Waals surface area (Å²) < 4.78 is 5.96. The van der Waals surface area contributed by atoms with Crippen LogP contribution < -0.4 is 10.9 Å². The Morgan fingerprint density at radius 3 is 2.46 bits per heavy atom. The van der Waals surface area contributed by atoms with Crippen LogP contribution >= 0.6 is 0 Å². The molecular weight excluding hydrogens is 334 g/mol. The number of hydrogen-bond acceptors (Lipinski definition) is 5. The third-order valence-corrected chi connectivity index (χ3v) is 3.77. The second kappa shape index (κ2) is 8.94. The number of esters is 1. The highest BCUT2D eigenvalue weighted by Crippen LogP contribution is 2.07. The molecule has 0 aliphatic rings. The van der Waals surface area contributed by atoms with Crippen molar-refractivity contribution in [2.24, 2.45) is 5.92 Å². The van der Waals surface area contributed by atoms with Crippen molar-refractivity contribution in [3.8, 4) is 0 Å². The van der Waals surface area contributed by atoms with Crippen molar-refractivity contribution < 1.29 is 14.3 Å². The monoisotopic (exact) mass is 357 g/mol. The predicted octanol–water partition coefficient (Wildman–Crippen LogP) is 1.61. The molecule has 0 aliphatic carbocycles. The lowest BCUT2D eigenvalue weighted by molar-refractivity contribution is -0.143. The molecule has 0 saturated carbocycles. The summed E-state index contributed by atoms with van der Waals surface area (Å²) in [5.74, 6) is -0.841. The number of carbonyl (C=O) groups is 2. The number of hydrogen-bond donors (Lipinski definition) is 1. The van der Waals surface area contributed by atoms with E-state index in [1.165, 1.54) is 23.9 Å². The van der Waals surface area contributed by atoms with Gasteiger partial charge in [-0.1, -0.05) is 44.2 Å². The van der Waals surface area contributed by atoms with Crippen molar-refractivity contribution in [3.05, 3.63) is 64.1 Å². The third kappa shape index (κ3) is 5.27. The van der Waals surface area contributed by atoms with Gasteiger partial charge in [0, 0.05) is 6.07 Å². The lowest BCUT2D eigenvalue weighted by Crippen LogP contribution is -2.43. The van der Waals surface area contributed by atoms with Crippen LogP contribution in [-0.4, -0.2) is 34.8 Å². The summed E-state index contributed by atoms with van der Waals surface area (Å²) in [4.78, 5) is 36.4. The van der Waals surface area contributed by atoms with Crippen LogP contribution in [0.4, 0.5) is 0 Å². The zero-order valence-electron chi connectivity index (χ0n) is 15.1. The summed E-state index contributed by atoms with van der Waals surface area (Å²) >= 11 is 0. The molecule has 1 atom stereocenters. The van der Waals surface area contributed by atoms with Crippen LogP contribution in [0, 0.1) is 5.92 Å². The average Bonchev–Trinajstić information content (AvgIpc) is 2.62. The standard InChI is InChI=1S/C19H23N3O4/c1-13(2)11-16(19(25)26-3)20-18(24)15-9-10-17(23)22(21-15)12-14-7-5-4-6-8-14/h4-10,13,16H,11-12H2,1-3H3,(H,20,24). The molecule has 1 N–H and O–H groups in total. The first kappa shape index (κ1) is 19.4. The number of carbonyl (C=O) groups excluding carboxylic acids is 2. The van der Waals surface area contributed by atoms with E-state index >= 15 is 0 Å². The Bertz CT molecular complexity index is 815. The van der Waals surface area contributed by atoms with E-state index in [-0.39, 0.29) is 23.7 Å². The summed E-state index contributed by atoms with van der Waals surface area (Å²) in [5, 5.41) is 6.76. The molecule has 7 nitrogen and oxygen atoms in total. The van der Waals surface area contributed by atoms with Crippen molar-refractivity contribution in [1.29, 1.82) is 0 Å². The van der Waals surface area contributed by atoms with Crippen molar-refractivity contribution in [1.82, 2.24) is 15.1 Å². The van der Waals surface area contributed by atoms with E-state index in [1.54, 1.807) is 0 Å². The van der Waals surface area contributed by atoms with Crippen LogP contribution in [-0.2, 0) is 16.1 Å². The Labute approximate surface area is 152 Å². The fraction of sp³-hybridized carbons (Fsp3) is 0.368. The van der Waals surface area contributed by atoms with E-state index in [1.807, 2.05) is 44.2 Å². The Morgan fingerprint density at radius 2 is 1.85 bits per heavy atom. The maximum atomic E-state index is 12.5. The molecule has 2 rings (SSSR count). The van der Waals surface area contributed by atoms with Crippen LogP contribution in [0.1, 0.15) is 36.3 Å². The minimum Gasteiger partial charge on any atom is -0.467 e. The molecule has 0 fully saturated rings. The normalized spacial score (nSPS) is 11.8. The molecule has 1 unspecified atom stereocenters. The Hall–Kier alpha value is -2.96. The Balaban J connectivity index is 2.19. The molecule has 1 aromatic carbocycles. The van der Waals surface area contributed by atoms with Gasteiger partial charge in [-0.05, 0) is 24.0 Å². The fourth-order valence-corrected chi connectivity index (χ4v) is 2.50. The largest absolute Gasteiger partial charge is 0.467 e. The lowest BCUT2D eigenvalue weighted by atomic mass is 10.0. The minimum absolute atomic E-state index is 0.0678. The summed E-state index contributed by atoms with van der Waals surface area (Å²) in [6.07, 6.45) is 0.446. The van der Waals surface area contributed by atoms with E-state index in [0.717, 1.165) is 5.56 Å². The number of nitrogens with zero attached hydrogens (tertiary/aromatic N) is 2. The molecule has 26 heavy (non-hydrogen) atoms. The van der Waals surface area contributed by atoms with Gasteiger partial charge < -0.3 is 10.1 Å². The zero-order valence-corrected chi connectivity index (χ0v) is 15.1. The highest BCUT2D eigenvalue weighted by molar-refractivity contribution is 5.95. The zero-order chi connectivity index (χ0) is 19.1. The topological polar surface area (TPSA) is 90.3 Å². The quantitative estimate of drug-likeness (QED) is 0.760. The summed E-state index contributed by atoms with van der Waals surface area (Å²) in [6.45, 7) is 4.15. The van der Waals surface area contributed by atoms with Crippen LogP contribution in [0.15, 0.2) is 47.3 Å². The molecule has 1 heterocycles. The molecule has 0 spiro atoms. The number of nitrogens with one attached hydrogen (secondary N) is 1. The summed E-state index contributed by atoms with van der Waals surface area (Å²) in [7, 11) is 1.28. The highest BCUT2D eigenvalue weighted by atomic mass is 16.5. The lowest BCUT2D eigenvalue weighted by Gasteiger charge is -2.18. The van der Waals surface area contributed by atoms with Gasteiger partial charge in [0.05, 0.1) is 13.7 Å². The van der Waals surface area contributed by atoms with Crippen LogP contribution in [0.3, 0.4) is 0 Å². The van der Waals surface area contributed by atoms with Gasteiger partial charge in [-0.3, -0.25) is 9.59 Å². The summed E-state index contributed by atoms with van der Waals surface area (Å²) in [6, 6.07) is 11.2. The maximum Gasteiger partial charge on any atom is 0.328 e. The van der Waals surface area contributed by atoms with E-state index in [4.69, 9.17) is 4.74 Å². The number of rotatable bonds is 7. The molecule has 1 aromatic heterocycles. The van der Waals surface area contributed by atoms with E-state index in [0.29, 0.717) is 6.42 Å². The van der Waals surface area contributed by atoms with Crippen LogP contribution in [0.25, 0.3) is 0 Å². The van der Waals surface area contributed by atoms with Gasteiger partial charge in [0.25, 0.3) is 11.5 Å². The fourth-order valence-electron chi connectivity index (χ4n) is 2.50. The molecule has 7 heteroatoms. The molecular formula is C19H23N3O4. The SMILES string of the molecule is COC(=O)C(CC(C)C)NC(=O)c1ccc(=O)n(Cc2ccccc2)n1. The molecule has 0 bridgehead atoms. The van der Waals surface area contributed by atoms with Gasteiger partial charge in [-0.15, -0.1) is 0 Å². The first-order valence-corrected chi connectivity index (χ1v) is 8.41. The molecule has 1 amide bonds. The smallest absolute Gasteiger partial charge is 0.328 e. The van der Waals surface area contributed by atoms with E-state index in [9.17, 15) is 14.4 Å². The van der Waals surface area contributed by atoms with Crippen molar-refractivity contribution >= 4 is 11.9 Å². The van der Waals surface area contributed by atoms with Gasteiger partial charge in [-0.2, -0.15) is 5.10 Å². The number of benzene rings is 1. The Morgan fingerprint density at radius 1 is 1.15 bits per heavy atom. The second-order valence-electron chi connectivity index (χ2n) is 6.38. The first-order valence-electron chi connectivity index (χ1n) is 8.41. The third-order valence-electron chi connectivity index (χ3n) is 3.77. The second-order valence-corrected chi connectivity index (χ2v) is 6.38. The first-order chi connectivity index (χ1) is 12.4. The number of aromatic nitrogens is 2. The average molecular weight is 357 g/mol. The van der Waals surface area contributed by atoms with E-state index in [2.05, 4.69) is 10.4 Å². The highest BCUT2D eigenvalue weighted by Gasteiger charge is 2.24. The van der Waals surface area contributed by atoms with Gasteiger partial charge >= 0.3 is 5.97 Å². The van der Waals surface area contributed by atoms with Crippen LogP contribution in [0.5, 0.6) is 0 Å². The number of amides is 1. The van der Waals surface area contributed by atoms with E-state index < -0.39 is 17.9 Å². The molecule has 138 valence electrons. The molecule has 0 radical (unpaired) electrons.